The molecule has 0 bridgehead atoms. The van der Waals surface area contributed by atoms with Crippen molar-refractivity contribution in [3.05, 3.63) is 35.3 Å². The maximum Gasteiger partial charge on any atom is 0.234 e. The standard InChI is InChI=1S/C23H30N8OS2/c1-5-17-14-24-22(33-17)27-20-26-21(31-12-10-30(4)11-13-31)29-23(28-20)34-18-8-6-16(7-9-18)25-19(32)15(2)3/h6-9,14-15H,5,10-13H2,1-4H3,(H,25,32)(H,24,26,27,28,29). The van der Waals surface area contributed by atoms with Gasteiger partial charge in [0, 0.05) is 53.8 Å². The van der Waals surface area contributed by atoms with Gasteiger partial charge in [-0.05, 0) is 49.5 Å². The van der Waals surface area contributed by atoms with E-state index in [-0.39, 0.29) is 11.8 Å². The van der Waals surface area contributed by atoms with Gasteiger partial charge in [-0.1, -0.05) is 20.8 Å². The molecule has 1 aliphatic heterocycles. The van der Waals surface area contributed by atoms with E-state index in [9.17, 15) is 4.79 Å². The van der Waals surface area contributed by atoms with Crippen molar-refractivity contribution in [3.63, 3.8) is 0 Å². The van der Waals surface area contributed by atoms with E-state index in [1.165, 1.54) is 16.6 Å². The Labute approximate surface area is 208 Å². The Morgan fingerprint density at radius 2 is 1.85 bits per heavy atom. The Morgan fingerprint density at radius 1 is 1.12 bits per heavy atom. The molecule has 3 aromatic rings. The number of nitrogens with zero attached hydrogens (tertiary/aromatic N) is 6. The molecule has 180 valence electrons. The molecular weight excluding hydrogens is 468 g/mol. The van der Waals surface area contributed by atoms with Crippen molar-refractivity contribution in [1.82, 2.24) is 24.8 Å². The van der Waals surface area contributed by atoms with Crippen LogP contribution in [0.1, 0.15) is 25.6 Å². The molecule has 2 aromatic heterocycles. The number of aryl methyl sites for hydroxylation is 1. The molecule has 1 fully saturated rings. The van der Waals surface area contributed by atoms with Crippen LogP contribution in [-0.4, -0.2) is 64.0 Å². The van der Waals surface area contributed by atoms with Gasteiger partial charge in [-0.25, -0.2) is 4.98 Å². The number of piperazine rings is 1. The number of likely N-dealkylation sites (N-methyl/N-ethyl adjacent to an activating group) is 1. The van der Waals surface area contributed by atoms with Gasteiger partial charge in [-0.15, -0.1) is 11.3 Å². The highest BCUT2D eigenvalue weighted by atomic mass is 32.2. The van der Waals surface area contributed by atoms with Crippen LogP contribution in [0.15, 0.2) is 40.5 Å². The summed E-state index contributed by atoms with van der Waals surface area (Å²) in [6.45, 7) is 9.52. The predicted molar refractivity (Wildman–Crippen MR) is 138 cm³/mol. The Hall–Kier alpha value is -2.76. The smallest absolute Gasteiger partial charge is 0.234 e. The molecule has 3 heterocycles. The van der Waals surface area contributed by atoms with Crippen molar-refractivity contribution in [2.75, 3.05) is 48.8 Å². The minimum atomic E-state index is -0.0653. The Balaban J connectivity index is 1.55. The number of aromatic nitrogens is 4. The molecule has 1 saturated heterocycles. The number of carbonyl (C=O) groups is 1. The van der Waals surface area contributed by atoms with E-state index < -0.39 is 0 Å². The summed E-state index contributed by atoms with van der Waals surface area (Å²) in [7, 11) is 2.13. The van der Waals surface area contributed by atoms with Gasteiger partial charge in [-0.2, -0.15) is 15.0 Å². The van der Waals surface area contributed by atoms with Gasteiger partial charge < -0.3 is 15.1 Å². The van der Waals surface area contributed by atoms with Gasteiger partial charge in [0.1, 0.15) is 0 Å². The highest BCUT2D eigenvalue weighted by Crippen LogP contribution is 2.29. The van der Waals surface area contributed by atoms with Crippen molar-refractivity contribution in [2.45, 2.75) is 37.2 Å². The van der Waals surface area contributed by atoms with Crippen LogP contribution in [0.25, 0.3) is 0 Å². The minimum Gasteiger partial charge on any atom is -0.338 e. The third kappa shape index (κ3) is 6.43. The van der Waals surface area contributed by atoms with Crippen LogP contribution in [0.4, 0.5) is 22.7 Å². The third-order valence-corrected chi connectivity index (χ3v) is 7.30. The van der Waals surface area contributed by atoms with Crippen molar-refractivity contribution in [2.24, 2.45) is 5.92 Å². The molecule has 0 atom stereocenters. The van der Waals surface area contributed by atoms with E-state index in [0.29, 0.717) is 17.1 Å². The van der Waals surface area contributed by atoms with Crippen LogP contribution in [-0.2, 0) is 11.2 Å². The molecule has 34 heavy (non-hydrogen) atoms. The van der Waals surface area contributed by atoms with Crippen molar-refractivity contribution >= 4 is 51.7 Å². The van der Waals surface area contributed by atoms with E-state index in [1.54, 1.807) is 11.3 Å². The first-order chi connectivity index (χ1) is 16.4. The quantitative estimate of drug-likeness (QED) is 0.475. The molecule has 0 radical (unpaired) electrons. The van der Waals surface area contributed by atoms with E-state index in [1.807, 2.05) is 44.3 Å². The molecule has 0 aliphatic carbocycles. The average molecular weight is 499 g/mol. The van der Waals surface area contributed by atoms with Crippen molar-refractivity contribution in [3.8, 4) is 0 Å². The molecule has 11 heteroatoms. The summed E-state index contributed by atoms with van der Waals surface area (Å²) in [5.41, 5.74) is 0.773. The van der Waals surface area contributed by atoms with Gasteiger partial charge in [0.25, 0.3) is 0 Å². The summed E-state index contributed by atoms with van der Waals surface area (Å²) in [4.78, 5) is 37.2. The van der Waals surface area contributed by atoms with Crippen molar-refractivity contribution < 1.29 is 4.79 Å². The normalized spacial score (nSPS) is 14.4. The third-order valence-electron chi connectivity index (χ3n) is 5.37. The maximum atomic E-state index is 11.9. The lowest BCUT2D eigenvalue weighted by Gasteiger charge is -2.32. The average Bonchev–Trinajstić information content (AvgIpc) is 3.28. The Morgan fingerprint density at radius 3 is 2.50 bits per heavy atom. The van der Waals surface area contributed by atoms with Gasteiger partial charge in [0.2, 0.25) is 17.8 Å². The van der Waals surface area contributed by atoms with Gasteiger partial charge in [0.15, 0.2) is 10.3 Å². The fraction of sp³-hybridized carbons (Fsp3) is 0.435. The molecule has 0 saturated carbocycles. The molecular formula is C23H30N8OS2. The number of amides is 1. The highest BCUT2D eigenvalue weighted by Gasteiger charge is 2.19. The SMILES string of the molecule is CCc1cnc(Nc2nc(Sc3ccc(NC(=O)C(C)C)cc3)nc(N3CCN(C)CC3)n2)s1. The molecule has 0 spiro atoms. The van der Waals surface area contributed by atoms with Gasteiger partial charge >= 0.3 is 0 Å². The molecule has 1 aliphatic rings. The predicted octanol–water partition coefficient (Wildman–Crippen LogP) is 4.13. The topological polar surface area (TPSA) is 99.2 Å². The maximum absolute atomic E-state index is 11.9. The summed E-state index contributed by atoms with van der Waals surface area (Å²) in [6.07, 6.45) is 2.82. The minimum absolute atomic E-state index is 0.00109. The first-order valence-electron chi connectivity index (χ1n) is 11.4. The summed E-state index contributed by atoms with van der Waals surface area (Å²) in [5, 5.41) is 7.56. The first kappa shape index (κ1) is 24.4. The second-order valence-electron chi connectivity index (χ2n) is 8.41. The molecule has 1 aromatic carbocycles. The zero-order valence-electron chi connectivity index (χ0n) is 19.9. The largest absolute Gasteiger partial charge is 0.338 e. The molecule has 0 unspecified atom stereocenters. The van der Waals surface area contributed by atoms with Gasteiger partial charge in [-0.3, -0.25) is 10.1 Å². The van der Waals surface area contributed by atoms with Crippen LogP contribution in [0.3, 0.4) is 0 Å². The number of thiazole rings is 1. The molecule has 1 amide bonds. The number of anilines is 4. The van der Waals surface area contributed by atoms with Gasteiger partial charge in [0.05, 0.1) is 0 Å². The van der Waals surface area contributed by atoms with Crippen molar-refractivity contribution in [1.29, 1.82) is 0 Å². The molecule has 2 N–H and O–H groups in total. The number of rotatable bonds is 8. The monoisotopic (exact) mass is 498 g/mol. The molecule has 9 nitrogen and oxygen atoms in total. The summed E-state index contributed by atoms with van der Waals surface area (Å²) in [6, 6.07) is 7.71. The summed E-state index contributed by atoms with van der Waals surface area (Å²) >= 11 is 3.07. The number of carbonyl (C=O) groups excluding carboxylic acids is 1. The lowest BCUT2D eigenvalue weighted by molar-refractivity contribution is -0.118. The number of benzene rings is 1. The Bertz CT molecular complexity index is 1110. The van der Waals surface area contributed by atoms with Crippen LogP contribution in [0, 0.1) is 5.92 Å². The number of nitrogens with one attached hydrogen (secondary N) is 2. The van der Waals surface area contributed by atoms with E-state index in [0.717, 1.165) is 48.3 Å². The van der Waals surface area contributed by atoms with Crippen LogP contribution >= 0.6 is 23.1 Å². The van der Waals surface area contributed by atoms with Crippen LogP contribution in [0.5, 0.6) is 0 Å². The fourth-order valence-corrected chi connectivity index (χ4v) is 4.71. The second-order valence-corrected chi connectivity index (χ2v) is 10.6. The van der Waals surface area contributed by atoms with E-state index >= 15 is 0 Å². The Kier molecular flexibility index (Phi) is 7.96. The molecule has 4 rings (SSSR count). The van der Waals surface area contributed by atoms with Crippen LogP contribution in [0.2, 0.25) is 0 Å². The zero-order valence-corrected chi connectivity index (χ0v) is 21.5. The van der Waals surface area contributed by atoms with Crippen LogP contribution < -0.4 is 15.5 Å². The highest BCUT2D eigenvalue weighted by molar-refractivity contribution is 7.99. The second kappa shape index (κ2) is 11.1. The summed E-state index contributed by atoms with van der Waals surface area (Å²) < 4.78 is 0. The first-order valence-corrected chi connectivity index (χ1v) is 13.0. The lowest BCUT2D eigenvalue weighted by atomic mass is 10.2. The number of hydrogen-bond donors (Lipinski definition) is 2. The van der Waals surface area contributed by atoms with E-state index in [2.05, 4.69) is 44.4 Å². The fourth-order valence-electron chi connectivity index (χ4n) is 3.22. The zero-order chi connectivity index (χ0) is 24.1. The summed E-state index contributed by atoms with van der Waals surface area (Å²) in [5.74, 6) is 1.09. The van der Waals surface area contributed by atoms with E-state index in [4.69, 9.17) is 9.97 Å². The lowest BCUT2D eigenvalue weighted by Crippen LogP contribution is -2.45. The number of hydrogen-bond acceptors (Lipinski definition) is 10.